The van der Waals surface area contributed by atoms with E-state index in [-0.39, 0.29) is 21.4 Å². The first-order valence-corrected chi connectivity index (χ1v) is 4.80. The van der Waals surface area contributed by atoms with Crippen LogP contribution in [0.2, 0.25) is 0 Å². The molecule has 2 rings (SSSR count). The first kappa shape index (κ1) is 10.4. The van der Waals surface area contributed by atoms with Crippen molar-refractivity contribution in [2.45, 2.75) is 0 Å². The van der Waals surface area contributed by atoms with E-state index in [0.29, 0.717) is 5.69 Å². The van der Waals surface area contributed by atoms with Crippen LogP contribution in [-0.2, 0) is 0 Å². The van der Waals surface area contributed by atoms with Gasteiger partial charge in [0.2, 0.25) is 0 Å². The lowest BCUT2D eigenvalue weighted by Gasteiger charge is -2.05. The third kappa shape index (κ3) is 1.68. The van der Waals surface area contributed by atoms with E-state index in [1.807, 2.05) is 0 Å². The van der Waals surface area contributed by atoms with Gasteiger partial charge in [-0.3, -0.25) is 19.8 Å². The van der Waals surface area contributed by atoms with Gasteiger partial charge in [-0.1, -0.05) is 6.07 Å². The van der Waals surface area contributed by atoms with E-state index in [2.05, 4.69) is 27.7 Å². The Balaban J connectivity index is 2.86. The van der Waals surface area contributed by atoms with Gasteiger partial charge in [-0.15, -0.1) is 0 Å². The van der Waals surface area contributed by atoms with Gasteiger partial charge in [-0.05, 0) is 24.4 Å². The molecule has 0 saturated carbocycles. The topological polar surface area (TPSA) is 104 Å². The Bertz CT molecular complexity index is 673. The molecule has 0 bridgehead atoms. The number of anilines is 1. The van der Waals surface area contributed by atoms with Crippen LogP contribution in [0.15, 0.2) is 27.8 Å². The van der Waals surface area contributed by atoms with Gasteiger partial charge < -0.3 is 11.1 Å². The first-order valence-electron chi connectivity index (χ1n) is 4.40. The quantitative estimate of drug-likeness (QED) is 0.516. The zero-order valence-corrected chi connectivity index (χ0v) is 8.85. The van der Waals surface area contributed by atoms with E-state index < -0.39 is 5.56 Å². The summed E-state index contributed by atoms with van der Waals surface area (Å²) in [6.07, 6.45) is 0. The van der Waals surface area contributed by atoms with Gasteiger partial charge >= 0.3 is 0 Å². The normalized spacial score (nSPS) is 10.2. The van der Waals surface area contributed by atoms with Crippen LogP contribution in [0.25, 0.3) is 10.8 Å². The summed E-state index contributed by atoms with van der Waals surface area (Å²) in [5, 5.41) is 7.68. The second-order valence-corrected chi connectivity index (χ2v) is 3.57. The summed E-state index contributed by atoms with van der Waals surface area (Å²) in [7, 11) is 0. The van der Waals surface area contributed by atoms with Crippen molar-refractivity contribution in [2.24, 2.45) is 5.73 Å². The van der Waals surface area contributed by atoms with Crippen molar-refractivity contribution in [2.75, 3.05) is 5.32 Å². The molecule has 0 radical (unpaired) electrons. The molecule has 82 valence electrons. The minimum Gasteiger partial charge on any atom is -0.376 e. The van der Waals surface area contributed by atoms with Crippen molar-refractivity contribution >= 4 is 33.8 Å². The Morgan fingerprint density at radius 1 is 1.25 bits per heavy atom. The maximum Gasteiger partial charge on any atom is 0.272 e. The molecule has 0 aliphatic carbocycles. The zero-order chi connectivity index (χ0) is 11.7. The summed E-state index contributed by atoms with van der Waals surface area (Å²) in [6.45, 7) is 0. The fourth-order valence-electron chi connectivity index (χ4n) is 1.47. The van der Waals surface area contributed by atoms with Gasteiger partial charge in [-0.2, -0.15) is 0 Å². The van der Waals surface area contributed by atoms with Crippen LogP contribution in [0.4, 0.5) is 5.69 Å². The van der Waals surface area contributed by atoms with E-state index in [4.69, 9.17) is 5.73 Å². The lowest BCUT2D eigenvalue weighted by atomic mass is 10.1. The van der Waals surface area contributed by atoms with Crippen LogP contribution < -0.4 is 22.2 Å². The van der Waals surface area contributed by atoms with Crippen molar-refractivity contribution in [3.8, 4) is 0 Å². The molecule has 0 aliphatic rings. The molecule has 2 aromatic rings. The lowest BCUT2D eigenvalue weighted by Crippen LogP contribution is -2.23. The molecular weight excluding hydrogens is 228 g/mol. The highest BCUT2D eigenvalue weighted by atomic mass is 32.1. The minimum absolute atomic E-state index is 0.0344. The molecule has 1 aromatic carbocycles. The monoisotopic (exact) mass is 236 g/mol. The highest BCUT2D eigenvalue weighted by molar-refractivity contribution is 7.80. The van der Waals surface area contributed by atoms with Crippen LogP contribution in [0.1, 0.15) is 0 Å². The summed E-state index contributed by atoms with van der Waals surface area (Å²) in [4.78, 5) is 23.0. The van der Waals surface area contributed by atoms with Gasteiger partial charge in [0.05, 0.1) is 16.5 Å². The predicted molar refractivity (Wildman–Crippen MR) is 65.6 cm³/mol. The maximum absolute atomic E-state index is 11.6. The van der Waals surface area contributed by atoms with Gasteiger partial charge in [0.15, 0.2) is 5.11 Å². The Labute approximate surface area is 94.5 Å². The number of hydrogen-bond donors (Lipinski definition) is 4. The molecule has 0 amide bonds. The second kappa shape index (κ2) is 3.78. The summed E-state index contributed by atoms with van der Waals surface area (Å²) >= 11 is 4.69. The highest BCUT2D eigenvalue weighted by Crippen LogP contribution is 2.15. The second-order valence-electron chi connectivity index (χ2n) is 3.13. The molecule has 0 saturated heterocycles. The third-order valence-corrected chi connectivity index (χ3v) is 2.19. The number of H-pyrrole nitrogens is 2. The van der Waals surface area contributed by atoms with Gasteiger partial charge in [0.1, 0.15) is 0 Å². The number of thiocarbonyl (C=S) groups is 1. The number of aromatic nitrogens is 2. The van der Waals surface area contributed by atoms with Gasteiger partial charge in [0.25, 0.3) is 11.1 Å². The molecule has 0 spiro atoms. The fraction of sp³-hybridized carbons (Fsp3) is 0. The van der Waals surface area contributed by atoms with Crippen LogP contribution in [0.5, 0.6) is 0 Å². The largest absolute Gasteiger partial charge is 0.376 e. The van der Waals surface area contributed by atoms with Crippen LogP contribution in [0, 0.1) is 0 Å². The molecule has 16 heavy (non-hydrogen) atoms. The molecule has 7 heteroatoms. The van der Waals surface area contributed by atoms with E-state index in [1.54, 1.807) is 18.2 Å². The molecule has 0 unspecified atom stereocenters. The molecule has 0 fully saturated rings. The van der Waals surface area contributed by atoms with Gasteiger partial charge in [0, 0.05) is 0 Å². The molecule has 1 aromatic heterocycles. The molecular formula is C9H8N4O2S. The lowest BCUT2D eigenvalue weighted by molar-refractivity contribution is 0.977. The van der Waals surface area contributed by atoms with E-state index in [9.17, 15) is 9.59 Å². The first-order chi connectivity index (χ1) is 7.59. The summed E-state index contributed by atoms with van der Waals surface area (Å²) in [5.74, 6) is 0. The van der Waals surface area contributed by atoms with Crippen molar-refractivity contribution < 1.29 is 0 Å². The standard InChI is InChI=1S/C9H8N4O2S/c10-9(16)11-5-3-1-2-4-6(5)8(15)13-12-7(4)14/h1-3H,(H,12,14)(H,13,15)(H3,10,11,16). The van der Waals surface area contributed by atoms with Crippen molar-refractivity contribution in [1.82, 2.24) is 10.2 Å². The fourth-order valence-corrected chi connectivity index (χ4v) is 1.58. The number of nitrogens with two attached hydrogens (primary N) is 1. The number of aromatic amines is 2. The summed E-state index contributed by atoms with van der Waals surface area (Å²) < 4.78 is 0. The number of nitrogens with one attached hydrogen (secondary N) is 3. The summed E-state index contributed by atoms with van der Waals surface area (Å²) in [6, 6.07) is 4.81. The van der Waals surface area contributed by atoms with Gasteiger partial charge in [-0.25, -0.2) is 0 Å². The maximum atomic E-state index is 11.6. The number of hydrogen-bond acceptors (Lipinski definition) is 3. The summed E-state index contributed by atoms with van der Waals surface area (Å²) in [5.41, 5.74) is 4.96. The third-order valence-electron chi connectivity index (χ3n) is 2.08. The molecule has 0 atom stereocenters. The Morgan fingerprint density at radius 2 is 1.94 bits per heavy atom. The Hall–Kier alpha value is -2.15. The smallest absolute Gasteiger partial charge is 0.272 e. The molecule has 1 heterocycles. The molecule has 5 N–H and O–H groups in total. The van der Waals surface area contributed by atoms with Crippen LogP contribution in [0.3, 0.4) is 0 Å². The average molecular weight is 236 g/mol. The van der Waals surface area contributed by atoms with Crippen LogP contribution >= 0.6 is 12.2 Å². The number of fused-ring (bicyclic) bond motifs is 1. The van der Waals surface area contributed by atoms with Crippen molar-refractivity contribution in [1.29, 1.82) is 0 Å². The predicted octanol–water partition coefficient (Wildman–Crippen LogP) is -0.128. The Kier molecular flexibility index (Phi) is 2.45. The van der Waals surface area contributed by atoms with E-state index >= 15 is 0 Å². The Morgan fingerprint density at radius 3 is 2.62 bits per heavy atom. The molecule has 6 nitrogen and oxygen atoms in total. The van der Waals surface area contributed by atoms with E-state index in [0.717, 1.165) is 0 Å². The minimum atomic E-state index is -0.408. The number of benzene rings is 1. The molecule has 0 aliphatic heterocycles. The van der Waals surface area contributed by atoms with Crippen molar-refractivity contribution in [3.05, 3.63) is 38.9 Å². The number of rotatable bonds is 1. The average Bonchev–Trinajstić information content (AvgIpc) is 2.23. The highest BCUT2D eigenvalue weighted by Gasteiger charge is 2.07. The van der Waals surface area contributed by atoms with E-state index in [1.165, 1.54) is 0 Å². The van der Waals surface area contributed by atoms with Crippen LogP contribution in [-0.4, -0.2) is 15.3 Å². The SMILES string of the molecule is NC(=S)Nc1cccc2c(=O)[nH][nH]c(=O)c12. The zero-order valence-electron chi connectivity index (χ0n) is 8.03. The van der Waals surface area contributed by atoms with Crippen molar-refractivity contribution in [3.63, 3.8) is 0 Å².